The van der Waals surface area contributed by atoms with E-state index in [9.17, 15) is 44.4 Å². The van der Waals surface area contributed by atoms with Crippen LogP contribution in [0.4, 0.5) is 19.2 Å². The summed E-state index contributed by atoms with van der Waals surface area (Å²) in [5, 5.41) is 61.6. The Kier molecular flexibility index (Phi) is 20.4. The molecule has 0 aromatic carbocycles. The molecular weight excluding hydrogens is 907 g/mol. The van der Waals surface area contributed by atoms with Gasteiger partial charge >= 0.3 is 24.4 Å². The highest BCUT2D eigenvalue weighted by Crippen LogP contribution is 2.39. The Balaban J connectivity index is 2.10. The van der Waals surface area contributed by atoms with E-state index in [4.69, 9.17) is 38.9 Å². The number of hydrogen-bond acceptors (Lipinski definition) is 18. The van der Waals surface area contributed by atoms with Crippen molar-refractivity contribution in [2.75, 3.05) is 33.3 Å². The van der Waals surface area contributed by atoms with Gasteiger partial charge in [-0.05, 0) is 122 Å². The molecule has 398 valence electrons. The van der Waals surface area contributed by atoms with Crippen LogP contribution in [0.3, 0.4) is 0 Å². The van der Waals surface area contributed by atoms with Gasteiger partial charge in [0.15, 0.2) is 6.29 Å². The van der Waals surface area contributed by atoms with Crippen molar-refractivity contribution in [1.82, 2.24) is 31.5 Å². The van der Waals surface area contributed by atoms with Crippen molar-refractivity contribution in [2.24, 2.45) is 11.7 Å². The number of likely N-dealkylation sites (N-methyl/N-ethyl adjacent to an activating group) is 1. The van der Waals surface area contributed by atoms with Gasteiger partial charge in [0.25, 0.3) is 0 Å². The van der Waals surface area contributed by atoms with Gasteiger partial charge in [-0.15, -0.1) is 0 Å². The molecule has 1 aliphatic carbocycles. The van der Waals surface area contributed by atoms with E-state index in [1.54, 1.807) is 96.1 Å². The molecule has 2 heterocycles. The van der Waals surface area contributed by atoms with E-state index in [1.807, 2.05) is 0 Å². The van der Waals surface area contributed by atoms with Crippen LogP contribution < -0.4 is 32.3 Å². The molecule has 1 unspecified atom stereocenters. The van der Waals surface area contributed by atoms with Crippen molar-refractivity contribution < 1.29 is 77.6 Å². The van der Waals surface area contributed by atoms with Crippen LogP contribution in [0, 0.1) is 5.92 Å². The maximum atomic E-state index is 13.9. The number of rotatable bonds is 15. The number of ether oxygens (including phenoxy) is 7. The molecule has 0 aromatic rings. The molecule has 23 heteroatoms. The molecule has 3 rings (SSSR count). The van der Waals surface area contributed by atoms with Crippen molar-refractivity contribution in [3.63, 3.8) is 0 Å². The molecule has 3 aliphatic rings. The molecule has 13 atom stereocenters. The van der Waals surface area contributed by atoms with Gasteiger partial charge in [0.1, 0.15) is 58.2 Å². The Labute approximate surface area is 406 Å². The van der Waals surface area contributed by atoms with Gasteiger partial charge in [0.2, 0.25) is 5.91 Å². The van der Waals surface area contributed by atoms with Gasteiger partial charge < -0.3 is 90.8 Å². The molecule has 0 radical (unpaired) electrons. The summed E-state index contributed by atoms with van der Waals surface area (Å²) in [6.07, 6.45) is -10.9. The first-order chi connectivity index (χ1) is 31.5. The predicted octanol–water partition coefficient (Wildman–Crippen LogP) is 1.61. The van der Waals surface area contributed by atoms with Crippen molar-refractivity contribution in [3.8, 4) is 0 Å². The van der Waals surface area contributed by atoms with Crippen LogP contribution in [-0.4, -0.2) is 184 Å². The lowest BCUT2D eigenvalue weighted by atomic mass is 9.72. The first-order valence-corrected chi connectivity index (χ1v) is 23.6. The minimum atomic E-state index is -1.85. The van der Waals surface area contributed by atoms with Crippen LogP contribution >= 0.6 is 0 Å². The minimum absolute atomic E-state index is 0.0271. The van der Waals surface area contributed by atoms with E-state index in [2.05, 4.69) is 26.6 Å². The zero-order valence-corrected chi connectivity index (χ0v) is 43.2. The van der Waals surface area contributed by atoms with Gasteiger partial charge in [0, 0.05) is 44.2 Å². The number of aliphatic hydroxyl groups excluding tert-OH is 3. The van der Waals surface area contributed by atoms with Crippen LogP contribution in [0.15, 0.2) is 11.8 Å². The highest BCUT2D eigenvalue weighted by atomic mass is 16.7. The van der Waals surface area contributed by atoms with Crippen LogP contribution in [0.5, 0.6) is 0 Å². The lowest BCUT2D eigenvalue weighted by Gasteiger charge is -2.52. The van der Waals surface area contributed by atoms with Gasteiger partial charge in [-0.1, -0.05) is 0 Å². The van der Waals surface area contributed by atoms with Gasteiger partial charge in [-0.2, -0.15) is 0 Å². The number of alkyl carbamates (subject to hydrolysis) is 3. The molecule has 5 amide bonds. The summed E-state index contributed by atoms with van der Waals surface area (Å²) in [5.41, 5.74) is 0.818. The van der Waals surface area contributed by atoms with Crippen LogP contribution in [0.25, 0.3) is 0 Å². The zero-order chi connectivity index (χ0) is 52.6. The van der Waals surface area contributed by atoms with E-state index in [1.165, 1.54) is 14.0 Å². The number of carbonyl (C=O) groups excluding carboxylic acids is 5. The number of amides is 5. The SMILES string of the molecule is C[C@@H](CN[C@@H]1CC=C(CN)O[C@@H]1C1[C@@H](NC(=O)OC(C)(C)C)C[C@@H](NC(=O)[C@@H](O)CCNC(=O)OC(C)(C)C)[C@H](O[C@H]2OC[C@](C)(O)[C@H](N(C)C(=O)OC(C)(C)C)[C@H]2O)[C@H]1O)NC(=O)OC(C)(C)C. The zero-order valence-electron chi connectivity index (χ0n) is 43.2. The maximum absolute atomic E-state index is 13.9. The lowest BCUT2D eigenvalue weighted by molar-refractivity contribution is -0.305. The van der Waals surface area contributed by atoms with Crippen molar-refractivity contribution in [2.45, 2.75) is 211 Å². The Morgan fingerprint density at radius 3 is 1.97 bits per heavy atom. The van der Waals surface area contributed by atoms with Gasteiger partial charge in [0.05, 0.1) is 31.3 Å². The molecule has 69 heavy (non-hydrogen) atoms. The summed E-state index contributed by atoms with van der Waals surface area (Å²) in [4.78, 5) is 66.8. The van der Waals surface area contributed by atoms with Gasteiger partial charge in [-0.25, -0.2) is 19.2 Å². The maximum Gasteiger partial charge on any atom is 0.410 e. The summed E-state index contributed by atoms with van der Waals surface area (Å²) in [6, 6.07) is -4.81. The molecule has 23 nitrogen and oxygen atoms in total. The van der Waals surface area contributed by atoms with Crippen molar-refractivity contribution in [3.05, 3.63) is 11.8 Å². The molecular formula is C46H83N7O16. The fourth-order valence-electron chi connectivity index (χ4n) is 8.23. The number of carbonyl (C=O) groups is 5. The third-order valence-electron chi connectivity index (χ3n) is 11.0. The second-order valence-electron chi connectivity index (χ2n) is 22.3. The number of nitrogens with one attached hydrogen (secondary N) is 5. The molecule has 0 aromatic heterocycles. The smallest absolute Gasteiger partial charge is 0.410 e. The Morgan fingerprint density at radius 2 is 1.41 bits per heavy atom. The standard InChI is InChI=1S/C46H83N7O16/c1-24(50-39(59)67-43(5,6)7)22-49-26-17-16-25(21-47)64-33(26)30-27(52-40(60)68-44(8,9)10)20-28(51-36(57)29(54)18-19-48-38(58)66-42(2,3)4)34(31(30)55)65-37-32(56)35(46(14,62)23-63-37)53(15)41(61)69-45(11,12)13/h16,24,26-35,37,49,54-56,62H,17-23,47H2,1-15H3,(H,48,58)(H,50,59)(H,51,57)(H,52,60)/t24-,26+,27-,28+,29-,30?,31-,32+,33-,34-,35+,37+,46-/m0/s1. The molecule has 1 saturated carbocycles. The Morgan fingerprint density at radius 1 is 0.841 bits per heavy atom. The summed E-state index contributed by atoms with van der Waals surface area (Å²) in [6.45, 7) is 22.9. The third kappa shape index (κ3) is 18.8. The number of aliphatic hydroxyl groups is 4. The fourth-order valence-corrected chi connectivity index (χ4v) is 8.23. The minimum Gasteiger partial charge on any atom is -0.492 e. The molecule has 0 spiro atoms. The third-order valence-corrected chi connectivity index (χ3v) is 11.0. The van der Waals surface area contributed by atoms with Crippen LogP contribution in [-0.2, 0) is 38.0 Å². The normalized spacial score (nSPS) is 29.7. The average Bonchev–Trinajstić information content (AvgIpc) is 3.16. The Hall–Kier alpha value is -4.23. The van der Waals surface area contributed by atoms with Crippen LogP contribution in [0.2, 0.25) is 0 Å². The van der Waals surface area contributed by atoms with Crippen molar-refractivity contribution in [1.29, 1.82) is 0 Å². The number of hydrogen-bond donors (Lipinski definition) is 10. The largest absolute Gasteiger partial charge is 0.492 e. The van der Waals surface area contributed by atoms with E-state index in [0.29, 0.717) is 12.2 Å². The summed E-state index contributed by atoms with van der Waals surface area (Å²) >= 11 is 0. The first-order valence-electron chi connectivity index (χ1n) is 23.6. The van der Waals surface area contributed by atoms with Crippen molar-refractivity contribution >= 4 is 30.3 Å². The summed E-state index contributed by atoms with van der Waals surface area (Å²) < 4.78 is 40.8. The second kappa shape index (κ2) is 23.8. The molecule has 1 saturated heterocycles. The first kappa shape index (κ1) is 59.1. The number of nitrogens with two attached hydrogens (primary N) is 1. The van der Waals surface area contributed by atoms with E-state index >= 15 is 0 Å². The molecule has 2 fully saturated rings. The predicted molar refractivity (Wildman–Crippen MR) is 250 cm³/mol. The highest BCUT2D eigenvalue weighted by molar-refractivity contribution is 5.81. The highest BCUT2D eigenvalue weighted by Gasteiger charge is 2.56. The van der Waals surface area contributed by atoms with Crippen LogP contribution in [0.1, 0.15) is 116 Å². The second-order valence-corrected chi connectivity index (χ2v) is 22.3. The lowest BCUT2D eigenvalue weighted by Crippen LogP contribution is -2.71. The van der Waals surface area contributed by atoms with E-state index in [0.717, 1.165) is 4.90 Å². The monoisotopic (exact) mass is 990 g/mol. The Bertz CT molecular complexity index is 1770. The number of nitrogens with zero attached hydrogens (tertiary/aromatic N) is 1. The quantitative estimate of drug-likeness (QED) is 0.104. The fraction of sp³-hybridized carbons (Fsp3) is 0.848. The van der Waals surface area contributed by atoms with Gasteiger partial charge in [-0.3, -0.25) is 4.79 Å². The molecule has 11 N–H and O–H groups in total. The van der Waals surface area contributed by atoms with E-state index in [-0.39, 0.29) is 32.5 Å². The summed E-state index contributed by atoms with van der Waals surface area (Å²) in [7, 11) is 1.33. The molecule has 0 bridgehead atoms. The topological polar surface area (TPSA) is 320 Å². The summed E-state index contributed by atoms with van der Waals surface area (Å²) in [5.74, 6) is -1.69. The molecule has 2 aliphatic heterocycles. The average molecular weight is 990 g/mol. The van der Waals surface area contributed by atoms with E-state index < -0.39 is 138 Å².